The van der Waals surface area contributed by atoms with Crippen LogP contribution in [0.25, 0.3) is 10.9 Å². The molecule has 1 saturated carbocycles. The highest BCUT2D eigenvalue weighted by atomic mass is 127. The summed E-state index contributed by atoms with van der Waals surface area (Å²) in [7, 11) is 2.04. The molecule has 0 radical (unpaired) electrons. The molecular formula is C20H30FIN4O. The van der Waals surface area contributed by atoms with Gasteiger partial charge in [0.15, 0.2) is 5.96 Å². The minimum absolute atomic E-state index is 0. The summed E-state index contributed by atoms with van der Waals surface area (Å²) in [6, 6.07) is 4.86. The van der Waals surface area contributed by atoms with E-state index in [4.69, 9.17) is 9.73 Å². The molecule has 2 aromatic rings. The molecule has 1 aliphatic carbocycles. The topological polar surface area (TPSA) is 52.7 Å². The normalized spacial score (nSPS) is 14.3. The molecule has 1 aliphatic rings. The van der Waals surface area contributed by atoms with Crippen molar-refractivity contribution in [2.45, 2.75) is 26.2 Å². The summed E-state index contributed by atoms with van der Waals surface area (Å²) in [5.41, 5.74) is 2.00. The van der Waals surface area contributed by atoms with E-state index in [0.29, 0.717) is 6.54 Å². The Morgan fingerprint density at radius 1 is 1.41 bits per heavy atom. The van der Waals surface area contributed by atoms with Gasteiger partial charge in [-0.15, -0.1) is 24.0 Å². The summed E-state index contributed by atoms with van der Waals surface area (Å²) in [5, 5.41) is 4.40. The van der Waals surface area contributed by atoms with Crippen LogP contribution in [-0.4, -0.2) is 55.7 Å². The van der Waals surface area contributed by atoms with Gasteiger partial charge in [0.25, 0.3) is 0 Å². The molecule has 1 heterocycles. The van der Waals surface area contributed by atoms with Gasteiger partial charge in [-0.05, 0) is 55.9 Å². The molecule has 0 saturated heterocycles. The molecule has 0 spiro atoms. The van der Waals surface area contributed by atoms with E-state index in [1.807, 2.05) is 19.3 Å². The van der Waals surface area contributed by atoms with Gasteiger partial charge < -0.3 is 19.9 Å². The lowest BCUT2D eigenvalue weighted by atomic mass is 10.1. The number of aromatic amines is 1. The number of hydrogen-bond donors (Lipinski definition) is 2. The van der Waals surface area contributed by atoms with Crippen molar-refractivity contribution < 1.29 is 9.13 Å². The fourth-order valence-electron chi connectivity index (χ4n) is 2.96. The van der Waals surface area contributed by atoms with Crippen LogP contribution in [0.15, 0.2) is 29.4 Å². The maximum atomic E-state index is 13.3. The Morgan fingerprint density at radius 2 is 2.22 bits per heavy atom. The van der Waals surface area contributed by atoms with E-state index in [1.54, 1.807) is 0 Å². The van der Waals surface area contributed by atoms with E-state index >= 15 is 0 Å². The molecule has 1 fully saturated rings. The van der Waals surface area contributed by atoms with Gasteiger partial charge in [-0.1, -0.05) is 0 Å². The van der Waals surface area contributed by atoms with Gasteiger partial charge in [0, 0.05) is 50.4 Å². The summed E-state index contributed by atoms with van der Waals surface area (Å²) >= 11 is 0. The van der Waals surface area contributed by atoms with Crippen LogP contribution in [0.2, 0.25) is 0 Å². The van der Waals surface area contributed by atoms with Gasteiger partial charge in [0.2, 0.25) is 0 Å². The fourth-order valence-corrected chi connectivity index (χ4v) is 2.96. The Balaban J connectivity index is 0.00000261. The van der Waals surface area contributed by atoms with Crippen LogP contribution in [0.1, 0.15) is 25.3 Å². The number of H-pyrrole nitrogens is 1. The highest BCUT2D eigenvalue weighted by Crippen LogP contribution is 2.28. The smallest absolute Gasteiger partial charge is 0.193 e. The van der Waals surface area contributed by atoms with E-state index in [-0.39, 0.29) is 29.8 Å². The number of rotatable bonds is 9. The van der Waals surface area contributed by atoms with Gasteiger partial charge in [-0.2, -0.15) is 0 Å². The molecule has 5 nitrogen and oxygen atoms in total. The molecule has 0 amide bonds. The van der Waals surface area contributed by atoms with Crippen molar-refractivity contribution in [1.82, 2.24) is 15.2 Å². The number of aromatic nitrogens is 1. The maximum Gasteiger partial charge on any atom is 0.193 e. The molecular weight excluding hydrogens is 458 g/mol. The first kappa shape index (κ1) is 21.9. The molecule has 0 unspecified atom stereocenters. The van der Waals surface area contributed by atoms with Crippen molar-refractivity contribution in [3.8, 4) is 0 Å². The average Bonchev–Trinajstić information content (AvgIpc) is 3.38. The average molecular weight is 488 g/mol. The van der Waals surface area contributed by atoms with Crippen molar-refractivity contribution in [3.05, 3.63) is 35.8 Å². The standard InChI is InChI=1S/C20H29FN4O.HI/c1-3-22-20(25(2)10-11-26-14-15-4-5-15)23-9-8-16-13-24-19-12-17(21)6-7-18(16)19;/h6-7,12-13,15,24H,3-5,8-11,14H2,1-2H3,(H,22,23);1H. The Bertz CT molecular complexity index is 745. The van der Waals surface area contributed by atoms with E-state index in [1.165, 1.54) is 25.0 Å². The third kappa shape index (κ3) is 6.64. The van der Waals surface area contributed by atoms with Crippen LogP contribution < -0.4 is 5.32 Å². The summed E-state index contributed by atoms with van der Waals surface area (Å²) in [5.74, 6) is 1.48. The van der Waals surface area contributed by atoms with E-state index in [9.17, 15) is 4.39 Å². The minimum atomic E-state index is -0.219. The zero-order valence-electron chi connectivity index (χ0n) is 16.1. The van der Waals surface area contributed by atoms with Gasteiger partial charge in [-0.25, -0.2) is 4.39 Å². The predicted molar refractivity (Wildman–Crippen MR) is 120 cm³/mol. The lowest BCUT2D eigenvalue weighted by Crippen LogP contribution is -2.40. The third-order valence-electron chi connectivity index (χ3n) is 4.69. The molecule has 7 heteroatoms. The lowest BCUT2D eigenvalue weighted by Gasteiger charge is -2.22. The summed E-state index contributed by atoms with van der Waals surface area (Å²) < 4.78 is 19.0. The van der Waals surface area contributed by atoms with Crippen molar-refractivity contribution in [2.75, 3.05) is 39.9 Å². The molecule has 1 aromatic carbocycles. The summed E-state index contributed by atoms with van der Waals surface area (Å²) in [6.45, 7) is 6.03. The number of ether oxygens (including phenoxy) is 1. The second-order valence-electron chi connectivity index (χ2n) is 6.93. The van der Waals surface area contributed by atoms with Crippen LogP contribution in [0.3, 0.4) is 0 Å². The highest BCUT2D eigenvalue weighted by molar-refractivity contribution is 14.0. The van der Waals surface area contributed by atoms with Gasteiger partial charge >= 0.3 is 0 Å². The van der Waals surface area contributed by atoms with E-state index in [0.717, 1.165) is 61.1 Å². The van der Waals surface area contributed by atoms with Crippen LogP contribution >= 0.6 is 24.0 Å². The Morgan fingerprint density at radius 3 is 2.96 bits per heavy atom. The van der Waals surface area contributed by atoms with Crippen LogP contribution in [0.5, 0.6) is 0 Å². The number of halogens is 2. The number of fused-ring (bicyclic) bond motifs is 1. The SMILES string of the molecule is CCNC(=NCCc1c[nH]c2cc(F)ccc12)N(C)CCOCC1CC1.I. The number of nitrogens with zero attached hydrogens (tertiary/aromatic N) is 2. The number of nitrogens with one attached hydrogen (secondary N) is 2. The molecule has 0 aliphatic heterocycles. The number of benzene rings is 1. The first-order valence-electron chi connectivity index (χ1n) is 9.50. The lowest BCUT2D eigenvalue weighted by molar-refractivity contribution is 0.115. The van der Waals surface area contributed by atoms with Crippen LogP contribution in [0, 0.1) is 11.7 Å². The molecule has 0 atom stereocenters. The zero-order valence-corrected chi connectivity index (χ0v) is 18.5. The monoisotopic (exact) mass is 488 g/mol. The molecule has 1 aromatic heterocycles. The number of likely N-dealkylation sites (N-methyl/N-ethyl adjacent to an activating group) is 1. The minimum Gasteiger partial charge on any atom is -0.379 e. The van der Waals surface area contributed by atoms with Gasteiger partial charge in [0.05, 0.1) is 6.61 Å². The summed E-state index contributed by atoms with van der Waals surface area (Å²) in [4.78, 5) is 9.97. The Kier molecular flexibility index (Phi) is 8.82. The Hall–Kier alpha value is -1.35. The van der Waals surface area contributed by atoms with Crippen LogP contribution in [-0.2, 0) is 11.2 Å². The maximum absolute atomic E-state index is 13.3. The van der Waals surface area contributed by atoms with E-state index < -0.39 is 0 Å². The third-order valence-corrected chi connectivity index (χ3v) is 4.69. The van der Waals surface area contributed by atoms with Crippen LogP contribution in [0.4, 0.5) is 4.39 Å². The second kappa shape index (κ2) is 10.8. The molecule has 3 rings (SSSR count). The highest BCUT2D eigenvalue weighted by Gasteiger charge is 2.21. The van der Waals surface area contributed by atoms with Crippen molar-refractivity contribution >= 4 is 40.8 Å². The van der Waals surface area contributed by atoms with Crippen molar-refractivity contribution in [3.63, 3.8) is 0 Å². The number of guanidine groups is 1. The Labute approximate surface area is 177 Å². The number of hydrogen-bond acceptors (Lipinski definition) is 2. The second-order valence-corrected chi connectivity index (χ2v) is 6.93. The number of aliphatic imine (C=N–C) groups is 1. The first-order valence-corrected chi connectivity index (χ1v) is 9.50. The van der Waals surface area contributed by atoms with E-state index in [2.05, 4.69) is 22.1 Å². The predicted octanol–water partition coefficient (Wildman–Crippen LogP) is 3.79. The summed E-state index contributed by atoms with van der Waals surface area (Å²) in [6.07, 6.45) is 5.40. The molecule has 2 N–H and O–H groups in total. The van der Waals surface area contributed by atoms with Crippen molar-refractivity contribution in [1.29, 1.82) is 0 Å². The van der Waals surface area contributed by atoms with Gasteiger partial charge in [-0.3, -0.25) is 4.99 Å². The largest absolute Gasteiger partial charge is 0.379 e. The quantitative estimate of drug-likeness (QED) is 0.245. The zero-order chi connectivity index (χ0) is 18.4. The molecule has 27 heavy (non-hydrogen) atoms. The molecule has 150 valence electrons. The molecule has 0 bridgehead atoms. The fraction of sp³-hybridized carbons (Fsp3) is 0.550. The van der Waals surface area contributed by atoms with Crippen molar-refractivity contribution in [2.24, 2.45) is 10.9 Å². The first-order chi connectivity index (χ1) is 12.7. The van der Waals surface area contributed by atoms with Gasteiger partial charge in [0.1, 0.15) is 5.82 Å².